The number of amides is 1. The van der Waals surface area contributed by atoms with Crippen LogP contribution < -0.4 is 11.1 Å². The molecular formula is C17H33ClN2O2. The molecular weight excluding hydrogens is 300 g/mol. The second-order valence-corrected chi connectivity index (χ2v) is 7.27. The highest BCUT2D eigenvalue weighted by molar-refractivity contribution is 5.85. The van der Waals surface area contributed by atoms with Crippen LogP contribution in [0.5, 0.6) is 0 Å². The smallest absolute Gasteiger partial charge is 0.225 e. The Morgan fingerprint density at radius 1 is 1.23 bits per heavy atom. The Labute approximate surface area is 141 Å². The number of halogens is 1. The number of hydrogen-bond acceptors (Lipinski definition) is 3. The molecule has 0 aromatic carbocycles. The highest BCUT2D eigenvalue weighted by atomic mass is 35.5. The van der Waals surface area contributed by atoms with E-state index in [4.69, 9.17) is 10.5 Å². The van der Waals surface area contributed by atoms with Crippen LogP contribution in [0.2, 0.25) is 0 Å². The fourth-order valence-corrected chi connectivity index (χ4v) is 3.83. The fourth-order valence-electron chi connectivity index (χ4n) is 3.83. The van der Waals surface area contributed by atoms with Gasteiger partial charge in [-0.05, 0) is 38.5 Å². The van der Waals surface area contributed by atoms with E-state index < -0.39 is 0 Å². The molecule has 0 heterocycles. The Hall–Kier alpha value is -0.320. The van der Waals surface area contributed by atoms with Crippen molar-refractivity contribution in [2.45, 2.75) is 76.9 Å². The lowest BCUT2D eigenvalue weighted by Gasteiger charge is -2.37. The van der Waals surface area contributed by atoms with Gasteiger partial charge in [0.05, 0.1) is 18.6 Å². The number of nitrogens with one attached hydrogen (secondary N) is 1. The van der Waals surface area contributed by atoms with Gasteiger partial charge in [0.1, 0.15) is 0 Å². The van der Waals surface area contributed by atoms with Crippen LogP contribution in [0, 0.1) is 11.8 Å². The summed E-state index contributed by atoms with van der Waals surface area (Å²) in [4.78, 5) is 12.3. The van der Waals surface area contributed by atoms with Gasteiger partial charge in [0.25, 0.3) is 0 Å². The van der Waals surface area contributed by atoms with E-state index >= 15 is 0 Å². The highest BCUT2D eigenvalue weighted by Gasteiger charge is 2.37. The summed E-state index contributed by atoms with van der Waals surface area (Å²) in [6.45, 7) is 5.50. The Bertz CT molecular complexity index is 350. The van der Waals surface area contributed by atoms with Crippen molar-refractivity contribution in [2.24, 2.45) is 17.6 Å². The molecule has 130 valence electrons. The van der Waals surface area contributed by atoms with Gasteiger partial charge in [0.2, 0.25) is 5.91 Å². The number of hydrogen-bond donors (Lipinski definition) is 2. The monoisotopic (exact) mass is 332 g/mol. The lowest BCUT2D eigenvalue weighted by atomic mass is 9.74. The lowest BCUT2D eigenvalue weighted by Crippen LogP contribution is -2.53. The fraction of sp³-hybridized carbons (Fsp3) is 0.941. The maximum absolute atomic E-state index is 12.3. The SMILES string of the molecule is CC1CCCCC1OCCNC(=O)C1CCCCC1(C)N.Cl. The maximum atomic E-state index is 12.3. The molecule has 2 aliphatic carbocycles. The van der Waals surface area contributed by atoms with Gasteiger partial charge in [-0.1, -0.05) is 32.6 Å². The summed E-state index contributed by atoms with van der Waals surface area (Å²) in [5, 5.41) is 3.02. The Morgan fingerprint density at radius 2 is 1.91 bits per heavy atom. The van der Waals surface area contributed by atoms with E-state index in [0.29, 0.717) is 25.2 Å². The van der Waals surface area contributed by atoms with Gasteiger partial charge < -0.3 is 15.8 Å². The third kappa shape index (κ3) is 5.39. The zero-order valence-electron chi connectivity index (χ0n) is 14.1. The topological polar surface area (TPSA) is 64.3 Å². The summed E-state index contributed by atoms with van der Waals surface area (Å²) in [5.74, 6) is 0.722. The minimum absolute atomic E-state index is 0. The second-order valence-electron chi connectivity index (χ2n) is 7.27. The second kappa shape index (κ2) is 9.09. The molecule has 0 aromatic heterocycles. The van der Waals surface area contributed by atoms with Crippen molar-refractivity contribution in [1.82, 2.24) is 5.32 Å². The van der Waals surface area contributed by atoms with E-state index in [1.54, 1.807) is 0 Å². The maximum Gasteiger partial charge on any atom is 0.225 e. The normalized spacial score (nSPS) is 35.5. The summed E-state index contributed by atoms with van der Waals surface area (Å²) < 4.78 is 5.94. The molecule has 0 saturated heterocycles. The Morgan fingerprint density at radius 3 is 2.59 bits per heavy atom. The van der Waals surface area contributed by atoms with Gasteiger partial charge in [-0.3, -0.25) is 4.79 Å². The molecule has 0 bridgehead atoms. The predicted molar refractivity (Wildman–Crippen MR) is 92.2 cm³/mol. The summed E-state index contributed by atoms with van der Waals surface area (Å²) in [5.41, 5.74) is 5.92. The van der Waals surface area contributed by atoms with Crippen molar-refractivity contribution in [3.8, 4) is 0 Å². The van der Waals surface area contributed by atoms with Crippen molar-refractivity contribution >= 4 is 18.3 Å². The molecule has 2 rings (SSSR count). The van der Waals surface area contributed by atoms with E-state index in [1.807, 2.05) is 6.92 Å². The van der Waals surface area contributed by atoms with Crippen LogP contribution in [0.25, 0.3) is 0 Å². The van der Waals surface area contributed by atoms with Gasteiger partial charge in [-0.2, -0.15) is 0 Å². The number of carbonyl (C=O) groups excluding carboxylic acids is 1. The molecule has 2 aliphatic rings. The number of carbonyl (C=O) groups is 1. The standard InChI is InChI=1S/C17H32N2O2.ClH/c1-13-7-3-4-9-15(13)21-12-11-19-16(20)14-8-5-6-10-17(14,2)18;/h13-15H,3-12,18H2,1-2H3,(H,19,20);1H. The first-order valence-corrected chi connectivity index (χ1v) is 8.69. The summed E-state index contributed by atoms with van der Waals surface area (Å²) >= 11 is 0. The van der Waals surface area contributed by atoms with E-state index in [9.17, 15) is 4.79 Å². The minimum Gasteiger partial charge on any atom is -0.376 e. The third-order valence-electron chi connectivity index (χ3n) is 5.34. The molecule has 4 unspecified atom stereocenters. The number of ether oxygens (including phenoxy) is 1. The van der Waals surface area contributed by atoms with Crippen molar-refractivity contribution in [3.05, 3.63) is 0 Å². The molecule has 2 fully saturated rings. The van der Waals surface area contributed by atoms with Crippen LogP contribution >= 0.6 is 12.4 Å². The summed E-state index contributed by atoms with van der Waals surface area (Å²) in [6, 6.07) is 0. The van der Waals surface area contributed by atoms with Crippen LogP contribution in [0.3, 0.4) is 0 Å². The van der Waals surface area contributed by atoms with Gasteiger partial charge in [-0.15, -0.1) is 12.4 Å². The van der Waals surface area contributed by atoms with E-state index in [2.05, 4.69) is 12.2 Å². The highest BCUT2D eigenvalue weighted by Crippen LogP contribution is 2.31. The van der Waals surface area contributed by atoms with E-state index in [1.165, 1.54) is 25.7 Å². The van der Waals surface area contributed by atoms with Crippen LogP contribution in [0.15, 0.2) is 0 Å². The van der Waals surface area contributed by atoms with E-state index in [-0.39, 0.29) is 29.8 Å². The third-order valence-corrected chi connectivity index (χ3v) is 5.34. The van der Waals surface area contributed by atoms with Crippen molar-refractivity contribution < 1.29 is 9.53 Å². The largest absolute Gasteiger partial charge is 0.376 e. The lowest BCUT2D eigenvalue weighted by molar-refractivity contribution is -0.128. The zero-order chi connectivity index (χ0) is 15.3. The Balaban J connectivity index is 0.00000242. The average molecular weight is 333 g/mol. The van der Waals surface area contributed by atoms with Gasteiger partial charge in [-0.25, -0.2) is 0 Å². The zero-order valence-corrected chi connectivity index (χ0v) is 14.9. The Kier molecular flexibility index (Phi) is 8.15. The van der Waals surface area contributed by atoms with Crippen LogP contribution in [0.4, 0.5) is 0 Å². The van der Waals surface area contributed by atoms with Crippen molar-refractivity contribution in [2.75, 3.05) is 13.2 Å². The van der Waals surface area contributed by atoms with Crippen molar-refractivity contribution in [1.29, 1.82) is 0 Å². The van der Waals surface area contributed by atoms with E-state index in [0.717, 1.165) is 25.7 Å². The average Bonchev–Trinajstić information content (AvgIpc) is 2.44. The van der Waals surface area contributed by atoms with Crippen LogP contribution in [-0.2, 0) is 9.53 Å². The molecule has 1 amide bonds. The van der Waals surface area contributed by atoms with Crippen molar-refractivity contribution in [3.63, 3.8) is 0 Å². The van der Waals surface area contributed by atoms with Crippen LogP contribution in [-0.4, -0.2) is 30.7 Å². The summed E-state index contributed by atoms with van der Waals surface area (Å²) in [6.07, 6.45) is 9.53. The predicted octanol–water partition coefficient (Wildman–Crippen LogP) is 3.03. The molecule has 22 heavy (non-hydrogen) atoms. The molecule has 5 heteroatoms. The molecule has 0 aliphatic heterocycles. The van der Waals surface area contributed by atoms with Crippen LogP contribution in [0.1, 0.15) is 65.2 Å². The number of rotatable bonds is 5. The quantitative estimate of drug-likeness (QED) is 0.760. The summed E-state index contributed by atoms with van der Waals surface area (Å²) in [7, 11) is 0. The first-order valence-electron chi connectivity index (χ1n) is 8.69. The minimum atomic E-state index is -0.346. The van der Waals surface area contributed by atoms with Gasteiger partial charge in [0.15, 0.2) is 0 Å². The van der Waals surface area contributed by atoms with Gasteiger partial charge >= 0.3 is 0 Å². The molecule has 0 aromatic rings. The number of nitrogens with two attached hydrogens (primary N) is 1. The molecule has 4 atom stereocenters. The molecule has 2 saturated carbocycles. The first-order chi connectivity index (χ1) is 10.0. The molecule has 3 N–H and O–H groups in total. The molecule has 4 nitrogen and oxygen atoms in total. The van der Waals surface area contributed by atoms with Gasteiger partial charge in [0, 0.05) is 12.1 Å². The molecule has 0 radical (unpaired) electrons. The molecule has 0 spiro atoms. The first kappa shape index (κ1) is 19.7.